The largest absolute Gasteiger partial charge is 0.378 e. The average molecular weight is 261 g/mol. The molecule has 0 aliphatic carbocycles. The Labute approximate surface area is 118 Å². The Bertz CT molecular complexity index is 793. The maximum absolute atomic E-state index is 5.41. The van der Waals surface area contributed by atoms with Crippen LogP contribution >= 0.6 is 0 Å². The number of nitrogens with one attached hydrogen (secondary N) is 1. The molecule has 3 nitrogen and oxygen atoms in total. The van der Waals surface area contributed by atoms with Crippen molar-refractivity contribution in [1.82, 2.24) is 9.55 Å². The maximum atomic E-state index is 5.41. The van der Waals surface area contributed by atoms with E-state index in [4.69, 9.17) is 6.42 Å². The summed E-state index contributed by atoms with van der Waals surface area (Å²) in [7, 11) is 2.03. The van der Waals surface area contributed by atoms with Gasteiger partial charge in [-0.1, -0.05) is 24.1 Å². The number of imidazole rings is 1. The first-order chi connectivity index (χ1) is 9.78. The van der Waals surface area contributed by atoms with E-state index < -0.39 is 0 Å². The monoisotopic (exact) mass is 261 g/mol. The summed E-state index contributed by atoms with van der Waals surface area (Å²) < 4.78 is 2.10. The smallest absolute Gasteiger partial charge is 0.128 e. The summed E-state index contributed by atoms with van der Waals surface area (Å²) in [6, 6.07) is 16.0. The molecule has 1 heterocycles. The first-order valence-corrected chi connectivity index (χ1v) is 6.49. The van der Waals surface area contributed by atoms with Crippen LogP contribution in [0.4, 0.5) is 5.69 Å². The van der Waals surface area contributed by atoms with Crippen molar-refractivity contribution in [3.63, 3.8) is 0 Å². The van der Waals surface area contributed by atoms with E-state index >= 15 is 0 Å². The highest BCUT2D eigenvalue weighted by Gasteiger charge is 2.06. The lowest BCUT2D eigenvalue weighted by molar-refractivity contribution is 0.834. The van der Waals surface area contributed by atoms with Gasteiger partial charge in [0, 0.05) is 18.3 Å². The first-order valence-electron chi connectivity index (χ1n) is 6.49. The van der Waals surface area contributed by atoms with Crippen LogP contribution < -0.4 is 5.32 Å². The molecule has 0 unspecified atom stereocenters. The van der Waals surface area contributed by atoms with Gasteiger partial charge in [-0.15, -0.1) is 6.42 Å². The predicted molar refractivity (Wildman–Crippen MR) is 82.4 cm³/mol. The van der Waals surface area contributed by atoms with Crippen molar-refractivity contribution in [2.45, 2.75) is 6.54 Å². The van der Waals surface area contributed by atoms with Crippen LogP contribution in [0.15, 0.2) is 48.5 Å². The molecule has 0 atom stereocenters. The second kappa shape index (κ2) is 5.10. The zero-order valence-electron chi connectivity index (χ0n) is 11.3. The van der Waals surface area contributed by atoms with Crippen LogP contribution in [0.3, 0.4) is 0 Å². The third-order valence-electron chi connectivity index (χ3n) is 3.36. The van der Waals surface area contributed by atoms with Crippen LogP contribution in [0, 0.1) is 12.3 Å². The number of terminal acetylenes is 1. The minimum Gasteiger partial charge on any atom is -0.378 e. The number of nitrogens with zero attached hydrogens (tertiary/aromatic N) is 2. The Balaban J connectivity index is 1.83. The molecule has 3 heteroatoms. The molecule has 2 aromatic carbocycles. The molecule has 0 saturated heterocycles. The van der Waals surface area contributed by atoms with E-state index in [1.165, 1.54) is 0 Å². The second-order valence-corrected chi connectivity index (χ2v) is 4.65. The summed E-state index contributed by atoms with van der Waals surface area (Å²) in [5.74, 6) is 3.64. The third-order valence-corrected chi connectivity index (χ3v) is 3.36. The highest BCUT2D eigenvalue weighted by Crippen LogP contribution is 2.16. The molecule has 0 fully saturated rings. The van der Waals surface area contributed by atoms with Gasteiger partial charge in [0.2, 0.25) is 0 Å². The lowest BCUT2D eigenvalue weighted by Gasteiger charge is -2.07. The van der Waals surface area contributed by atoms with Gasteiger partial charge >= 0.3 is 0 Å². The fourth-order valence-corrected chi connectivity index (χ4v) is 2.25. The van der Waals surface area contributed by atoms with E-state index in [1.807, 2.05) is 49.5 Å². The Morgan fingerprint density at radius 3 is 2.85 bits per heavy atom. The van der Waals surface area contributed by atoms with Crippen LogP contribution in [0.25, 0.3) is 11.0 Å². The van der Waals surface area contributed by atoms with Gasteiger partial charge in [-0.2, -0.15) is 0 Å². The fourth-order valence-electron chi connectivity index (χ4n) is 2.25. The van der Waals surface area contributed by atoms with Crippen molar-refractivity contribution in [2.75, 3.05) is 5.32 Å². The molecule has 0 radical (unpaired) electrons. The van der Waals surface area contributed by atoms with Crippen molar-refractivity contribution in [3.05, 3.63) is 59.9 Å². The van der Waals surface area contributed by atoms with Crippen molar-refractivity contribution in [1.29, 1.82) is 0 Å². The van der Waals surface area contributed by atoms with Crippen LogP contribution in [0.5, 0.6) is 0 Å². The zero-order chi connectivity index (χ0) is 13.9. The van der Waals surface area contributed by atoms with Crippen LogP contribution in [-0.2, 0) is 13.6 Å². The Hall–Kier alpha value is -2.73. The number of anilines is 1. The number of hydrogen-bond donors (Lipinski definition) is 1. The minimum absolute atomic E-state index is 0.666. The molecule has 0 aliphatic heterocycles. The molecular formula is C17H15N3. The first kappa shape index (κ1) is 12.3. The quantitative estimate of drug-likeness (QED) is 0.734. The van der Waals surface area contributed by atoms with Gasteiger partial charge in [-0.25, -0.2) is 4.98 Å². The molecule has 98 valence electrons. The number of rotatable bonds is 3. The summed E-state index contributed by atoms with van der Waals surface area (Å²) in [6.45, 7) is 0.666. The summed E-state index contributed by atoms with van der Waals surface area (Å²) in [5, 5.41) is 3.36. The SMILES string of the molecule is C#Cc1cccc(NCc2nc3ccccc3n2C)c1. The van der Waals surface area contributed by atoms with E-state index in [2.05, 4.69) is 26.9 Å². The van der Waals surface area contributed by atoms with Crippen LogP contribution in [0.1, 0.15) is 11.4 Å². The number of aromatic nitrogens is 2. The van der Waals surface area contributed by atoms with Crippen molar-refractivity contribution >= 4 is 16.7 Å². The van der Waals surface area contributed by atoms with Crippen LogP contribution in [-0.4, -0.2) is 9.55 Å². The summed E-state index contributed by atoms with van der Waals surface area (Å²) in [6.07, 6.45) is 5.41. The van der Waals surface area contributed by atoms with E-state index in [0.717, 1.165) is 28.1 Å². The third kappa shape index (κ3) is 2.24. The highest BCUT2D eigenvalue weighted by atomic mass is 15.1. The van der Waals surface area contributed by atoms with Crippen molar-refractivity contribution in [3.8, 4) is 12.3 Å². The predicted octanol–water partition coefficient (Wildman–Crippen LogP) is 3.17. The van der Waals surface area contributed by atoms with E-state index in [9.17, 15) is 0 Å². The molecule has 3 aromatic rings. The molecular weight excluding hydrogens is 246 g/mol. The fraction of sp³-hybridized carbons (Fsp3) is 0.118. The number of fused-ring (bicyclic) bond motifs is 1. The Morgan fingerprint density at radius 2 is 2.05 bits per heavy atom. The molecule has 0 aliphatic rings. The molecule has 20 heavy (non-hydrogen) atoms. The van der Waals surface area contributed by atoms with Crippen molar-refractivity contribution < 1.29 is 0 Å². The maximum Gasteiger partial charge on any atom is 0.128 e. The van der Waals surface area contributed by atoms with Gasteiger partial charge in [-0.3, -0.25) is 0 Å². The standard InChI is InChI=1S/C17H15N3/c1-3-13-7-6-8-14(11-13)18-12-17-19-15-9-4-5-10-16(15)20(17)2/h1,4-11,18H,12H2,2H3. The molecule has 3 rings (SSSR count). The normalized spacial score (nSPS) is 10.4. The van der Waals surface area contributed by atoms with Gasteiger partial charge in [0.05, 0.1) is 17.6 Å². The minimum atomic E-state index is 0.666. The second-order valence-electron chi connectivity index (χ2n) is 4.65. The summed E-state index contributed by atoms with van der Waals surface area (Å²) in [5.41, 5.74) is 4.04. The lowest BCUT2D eigenvalue weighted by Crippen LogP contribution is -2.05. The number of para-hydroxylation sites is 2. The summed E-state index contributed by atoms with van der Waals surface area (Å²) >= 11 is 0. The highest BCUT2D eigenvalue weighted by molar-refractivity contribution is 5.75. The number of aryl methyl sites for hydroxylation is 1. The van der Waals surface area contributed by atoms with Gasteiger partial charge < -0.3 is 9.88 Å². The Kier molecular flexibility index (Phi) is 3.14. The topological polar surface area (TPSA) is 29.9 Å². The lowest BCUT2D eigenvalue weighted by atomic mass is 10.2. The van der Waals surface area contributed by atoms with Gasteiger partial charge in [-0.05, 0) is 30.3 Å². The van der Waals surface area contributed by atoms with Gasteiger partial charge in [0.25, 0.3) is 0 Å². The van der Waals surface area contributed by atoms with Crippen LogP contribution in [0.2, 0.25) is 0 Å². The molecule has 1 aromatic heterocycles. The van der Waals surface area contributed by atoms with Crippen molar-refractivity contribution in [2.24, 2.45) is 7.05 Å². The summed E-state index contributed by atoms with van der Waals surface area (Å²) in [4.78, 5) is 4.63. The average Bonchev–Trinajstić information content (AvgIpc) is 2.82. The van der Waals surface area contributed by atoms with Gasteiger partial charge in [0.1, 0.15) is 5.82 Å². The molecule has 0 spiro atoms. The van der Waals surface area contributed by atoms with E-state index in [1.54, 1.807) is 0 Å². The number of hydrogen-bond acceptors (Lipinski definition) is 2. The Morgan fingerprint density at radius 1 is 1.20 bits per heavy atom. The number of benzene rings is 2. The molecule has 0 bridgehead atoms. The van der Waals surface area contributed by atoms with E-state index in [0.29, 0.717) is 6.54 Å². The zero-order valence-corrected chi connectivity index (χ0v) is 11.3. The molecule has 0 saturated carbocycles. The van der Waals surface area contributed by atoms with E-state index in [-0.39, 0.29) is 0 Å². The van der Waals surface area contributed by atoms with Gasteiger partial charge in [0.15, 0.2) is 0 Å². The molecule has 0 amide bonds. The molecule has 1 N–H and O–H groups in total.